The van der Waals surface area contributed by atoms with Gasteiger partial charge in [0.15, 0.2) is 0 Å². The van der Waals surface area contributed by atoms with E-state index in [-0.39, 0.29) is 5.91 Å². The van der Waals surface area contributed by atoms with Crippen molar-refractivity contribution >= 4 is 11.7 Å². The third kappa shape index (κ3) is 4.51. The second-order valence-corrected chi connectivity index (χ2v) is 9.32. The molecule has 0 N–H and O–H groups in total. The normalized spacial score (nSPS) is 18.6. The Labute approximate surface area is 196 Å². The molecule has 1 aliphatic heterocycles. The summed E-state index contributed by atoms with van der Waals surface area (Å²) in [4.78, 5) is 24.8. The molecular formula is C28H32N4O. The fourth-order valence-corrected chi connectivity index (χ4v) is 5.18. The predicted molar refractivity (Wildman–Crippen MR) is 134 cm³/mol. The Bertz CT molecular complexity index is 1120. The molecule has 33 heavy (non-hydrogen) atoms. The second kappa shape index (κ2) is 9.36. The predicted octanol–water partition coefficient (Wildman–Crippen LogP) is 4.13. The minimum atomic E-state index is 0.0828. The molecular weight excluding hydrogens is 408 g/mol. The first kappa shape index (κ1) is 21.7. The molecule has 2 aliphatic rings. The lowest BCUT2D eigenvalue weighted by molar-refractivity contribution is 0.0553. The highest BCUT2D eigenvalue weighted by Gasteiger charge is 2.30. The number of hydrogen-bond acceptors (Lipinski definition) is 4. The summed E-state index contributed by atoms with van der Waals surface area (Å²) in [6.07, 6.45) is 3.49. The third-order valence-electron chi connectivity index (χ3n) is 7.04. The summed E-state index contributed by atoms with van der Waals surface area (Å²) in [6, 6.07) is 23.4. The van der Waals surface area contributed by atoms with Crippen LogP contribution in [0.4, 0.5) is 5.82 Å². The Kier molecular flexibility index (Phi) is 6.14. The van der Waals surface area contributed by atoms with Gasteiger partial charge in [-0.3, -0.25) is 9.69 Å². The highest BCUT2D eigenvalue weighted by Crippen LogP contribution is 2.27. The zero-order valence-corrected chi connectivity index (χ0v) is 19.6. The van der Waals surface area contributed by atoms with Gasteiger partial charge in [0.1, 0.15) is 5.82 Å². The molecule has 1 amide bonds. The Hall–Kier alpha value is -3.18. The molecule has 1 aromatic heterocycles. The van der Waals surface area contributed by atoms with Gasteiger partial charge in [-0.15, -0.1) is 0 Å². The van der Waals surface area contributed by atoms with Crippen LogP contribution in [-0.4, -0.2) is 67.0 Å². The van der Waals surface area contributed by atoms with Crippen molar-refractivity contribution in [3.8, 4) is 11.3 Å². The smallest absolute Gasteiger partial charge is 0.257 e. The summed E-state index contributed by atoms with van der Waals surface area (Å²) in [7, 11) is 3.90. The van der Waals surface area contributed by atoms with E-state index in [0.29, 0.717) is 11.6 Å². The van der Waals surface area contributed by atoms with Crippen LogP contribution in [0.2, 0.25) is 0 Å². The van der Waals surface area contributed by atoms with Crippen LogP contribution in [0.5, 0.6) is 0 Å². The van der Waals surface area contributed by atoms with Gasteiger partial charge in [-0.25, -0.2) is 4.98 Å². The number of carbonyl (C=O) groups is 1. The number of aryl methyl sites for hydroxylation is 1. The van der Waals surface area contributed by atoms with Crippen LogP contribution >= 0.6 is 0 Å². The lowest BCUT2D eigenvalue weighted by Crippen LogP contribution is -2.53. The van der Waals surface area contributed by atoms with Gasteiger partial charge in [0.2, 0.25) is 0 Å². The number of pyridine rings is 1. The van der Waals surface area contributed by atoms with Crippen molar-refractivity contribution in [1.29, 1.82) is 0 Å². The van der Waals surface area contributed by atoms with Crippen LogP contribution in [0.1, 0.15) is 27.9 Å². The SMILES string of the molecule is CN(C)c1nc(-c2ccccc2)ccc1C(=O)N1CCN([C@H]2CCc3ccccc3C2)CC1. The molecule has 0 bridgehead atoms. The average molecular weight is 441 g/mol. The molecule has 5 heteroatoms. The van der Waals surface area contributed by atoms with Gasteiger partial charge < -0.3 is 9.80 Å². The van der Waals surface area contributed by atoms with Crippen LogP contribution in [0.3, 0.4) is 0 Å². The number of aromatic nitrogens is 1. The van der Waals surface area contributed by atoms with E-state index in [4.69, 9.17) is 4.98 Å². The van der Waals surface area contributed by atoms with Crippen LogP contribution in [0.25, 0.3) is 11.3 Å². The second-order valence-electron chi connectivity index (χ2n) is 9.32. The Morgan fingerprint density at radius 3 is 2.30 bits per heavy atom. The highest BCUT2D eigenvalue weighted by molar-refractivity contribution is 5.99. The van der Waals surface area contributed by atoms with Gasteiger partial charge in [-0.1, -0.05) is 54.6 Å². The maximum absolute atomic E-state index is 13.5. The van der Waals surface area contributed by atoms with Gasteiger partial charge in [-0.05, 0) is 42.5 Å². The number of rotatable bonds is 4. The summed E-state index contributed by atoms with van der Waals surface area (Å²) in [5.41, 5.74) is 5.62. The molecule has 0 spiro atoms. The summed E-state index contributed by atoms with van der Waals surface area (Å²) >= 11 is 0. The Morgan fingerprint density at radius 1 is 0.879 bits per heavy atom. The van der Waals surface area contributed by atoms with Crippen molar-refractivity contribution < 1.29 is 4.79 Å². The van der Waals surface area contributed by atoms with Gasteiger partial charge in [0, 0.05) is 51.9 Å². The van der Waals surface area contributed by atoms with E-state index in [1.54, 1.807) is 0 Å². The molecule has 1 aliphatic carbocycles. The van der Waals surface area contributed by atoms with Gasteiger partial charge in [0.05, 0.1) is 11.3 Å². The maximum atomic E-state index is 13.5. The number of benzene rings is 2. The van der Waals surface area contributed by atoms with Crippen LogP contribution in [0, 0.1) is 0 Å². The monoisotopic (exact) mass is 440 g/mol. The Morgan fingerprint density at radius 2 is 1.58 bits per heavy atom. The molecule has 5 nitrogen and oxygen atoms in total. The van der Waals surface area contributed by atoms with Crippen LogP contribution in [-0.2, 0) is 12.8 Å². The fourth-order valence-electron chi connectivity index (χ4n) is 5.18. The molecule has 0 radical (unpaired) electrons. The largest absolute Gasteiger partial charge is 0.362 e. The van der Waals surface area contributed by atoms with Crippen molar-refractivity contribution in [3.05, 3.63) is 83.4 Å². The number of piperazine rings is 1. The quantitative estimate of drug-likeness (QED) is 0.612. The zero-order chi connectivity index (χ0) is 22.8. The lowest BCUT2D eigenvalue weighted by Gasteiger charge is -2.41. The van der Waals surface area contributed by atoms with E-state index in [1.807, 2.05) is 66.4 Å². The van der Waals surface area contributed by atoms with Crippen molar-refractivity contribution in [1.82, 2.24) is 14.8 Å². The molecule has 0 unspecified atom stereocenters. The Balaban J connectivity index is 1.27. The lowest BCUT2D eigenvalue weighted by atomic mass is 9.87. The highest BCUT2D eigenvalue weighted by atomic mass is 16.2. The number of amides is 1. The fraction of sp³-hybridized carbons (Fsp3) is 0.357. The number of hydrogen-bond donors (Lipinski definition) is 0. The molecule has 5 rings (SSSR count). The topological polar surface area (TPSA) is 39.7 Å². The average Bonchev–Trinajstić information content (AvgIpc) is 2.88. The summed E-state index contributed by atoms with van der Waals surface area (Å²) in [6.45, 7) is 3.41. The molecule has 2 aromatic carbocycles. The number of anilines is 1. The minimum Gasteiger partial charge on any atom is -0.362 e. The molecule has 0 saturated carbocycles. The van der Waals surface area contributed by atoms with Crippen LogP contribution < -0.4 is 4.90 Å². The zero-order valence-electron chi connectivity index (χ0n) is 19.6. The van der Waals surface area contributed by atoms with Gasteiger partial charge >= 0.3 is 0 Å². The molecule has 1 saturated heterocycles. The first-order chi connectivity index (χ1) is 16.1. The number of nitrogens with zero attached hydrogens (tertiary/aromatic N) is 4. The number of fused-ring (bicyclic) bond motifs is 1. The van der Waals surface area contributed by atoms with E-state index < -0.39 is 0 Å². The maximum Gasteiger partial charge on any atom is 0.257 e. The molecule has 3 aromatic rings. The number of carbonyl (C=O) groups excluding carboxylic acids is 1. The van der Waals surface area contributed by atoms with Crippen molar-refractivity contribution in [2.24, 2.45) is 0 Å². The summed E-state index contributed by atoms with van der Waals surface area (Å²) < 4.78 is 0. The first-order valence-electron chi connectivity index (χ1n) is 11.9. The summed E-state index contributed by atoms with van der Waals surface area (Å²) in [5, 5.41) is 0. The third-order valence-corrected chi connectivity index (χ3v) is 7.04. The van der Waals surface area contributed by atoms with Gasteiger partial charge in [-0.2, -0.15) is 0 Å². The molecule has 1 atom stereocenters. The summed E-state index contributed by atoms with van der Waals surface area (Å²) in [5.74, 6) is 0.812. The van der Waals surface area contributed by atoms with Gasteiger partial charge in [0.25, 0.3) is 5.91 Å². The standard InChI is InChI=1S/C28H32N4O/c1-30(2)27-25(14-15-26(29-27)22-9-4-3-5-10-22)28(33)32-18-16-31(17-19-32)24-13-12-21-8-6-7-11-23(21)20-24/h3-11,14-15,24H,12-13,16-20H2,1-2H3/t24-/m0/s1. The molecule has 2 heterocycles. The molecule has 170 valence electrons. The molecule has 1 fully saturated rings. The van der Waals surface area contributed by atoms with E-state index in [9.17, 15) is 4.79 Å². The van der Waals surface area contributed by atoms with Crippen molar-refractivity contribution in [2.45, 2.75) is 25.3 Å². The van der Waals surface area contributed by atoms with Crippen molar-refractivity contribution in [2.75, 3.05) is 45.2 Å². The van der Waals surface area contributed by atoms with E-state index in [1.165, 1.54) is 17.5 Å². The van der Waals surface area contributed by atoms with E-state index in [2.05, 4.69) is 29.2 Å². The van der Waals surface area contributed by atoms with Crippen LogP contribution in [0.15, 0.2) is 66.7 Å². The first-order valence-corrected chi connectivity index (χ1v) is 11.9. The van der Waals surface area contributed by atoms with E-state index in [0.717, 1.165) is 56.1 Å². The van der Waals surface area contributed by atoms with Crippen molar-refractivity contribution in [3.63, 3.8) is 0 Å². The van der Waals surface area contributed by atoms with E-state index >= 15 is 0 Å². The minimum absolute atomic E-state index is 0.0828.